The van der Waals surface area contributed by atoms with Crippen LogP contribution in [0.15, 0.2) is 12.7 Å². The molecule has 1 rings (SSSR count). The second-order valence-corrected chi connectivity index (χ2v) is 4.11. The maximum atomic E-state index is 11.8. The van der Waals surface area contributed by atoms with Crippen LogP contribution in [0.25, 0.3) is 0 Å². The van der Waals surface area contributed by atoms with Gasteiger partial charge in [-0.1, -0.05) is 6.08 Å². The Hall–Kier alpha value is -1.36. The van der Waals surface area contributed by atoms with Crippen LogP contribution >= 0.6 is 0 Å². The third-order valence-electron chi connectivity index (χ3n) is 2.53. The van der Waals surface area contributed by atoms with Gasteiger partial charge in [0, 0.05) is 19.1 Å². The lowest BCUT2D eigenvalue weighted by atomic mass is 10.2. The number of carbonyl (C=O) groups excluding carboxylic acids is 1. The zero-order chi connectivity index (χ0) is 12.7. The highest BCUT2D eigenvalue weighted by atomic mass is 16.5. The molecule has 1 aliphatic carbocycles. The minimum atomic E-state index is -0.951. The summed E-state index contributed by atoms with van der Waals surface area (Å²) in [6.07, 6.45) is 4.47. The van der Waals surface area contributed by atoms with Crippen molar-refractivity contribution in [3.05, 3.63) is 12.7 Å². The Morgan fingerprint density at radius 2 is 2.18 bits per heavy atom. The van der Waals surface area contributed by atoms with Gasteiger partial charge < -0.3 is 14.7 Å². The van der Waals surface area contributed by atoms with Gasteiger partial charge in [-0.3, -0.25) is 9.59 Å². The summed E-state index contributed by atoms with van der Waals surface area (Å²) in [5.41, 5.74) is 0. The SMILES string of the molecule is C=CCOCCCC(=O)N(CC(=O)O)C1CC1. The Morgan fingerprint density at radius 1 is 1.47 bits per heavy atom. The van der Waals surface area contributed by atoms with Crippen molar-refractivity contribution in [2.24, 2.45) is 0 Å². The van der Waals surface area contributed by atoms with Crippen molar-refractivity contribution in [2.45, 2.75) is 31.7 Å². The van der Waals surface area contributed by atoms with E-state index in [1.807, 2.05) is 0 Å². The molecule has 1 amide bonds. The summed E-state index contributed by atoms with van der Waals surface area (Å²) >= 11 is 0. The molecule has 5 nitrogen and oxygen atoms in total. The van der Waals surface area contributed by atoms with Gasteiger partial charge in [-0.25, -0.2) is 0 Å². The van der Waals surface area contributed by atoms with E-state index in [1.165, 1.54) is 4.90 Å². The number of amides is 1. The summed E-state index contributed by atoms with van der Waals surface area (Å²) in [4.78, 5) is 23.9. The molecule has 5 heteroatoms. The Bertz CT molecular complexity index is 286. The number of aliphatic carboxylic acids is 1. The molecule has 0 bridgehead atoms. The topological polar surface area (TPSA) is 66.8 Å². The number of carboxylic acids is 1. The predicted octanol–water partition coefficient (Wildman–Crippen LogP) is 1.04. The van der Waals surface area contributed by atoms with E-state index in [1.54, 1.807) is 6.08 Å². The lowest BCUT2D eigenvalue weighted by Crippen LogP contribution is -2.37. The lowest BCUT2D eigenvalue weighted by Gasteiger charge is -2.20. The highest BCUT2D eigenvalue weighted by molar-refractivity contribution is 5.81. The first-order chi connectivity index (χ1) is 8.15. The fraction of sp³-hybridized carbons (Fsp3) is 0.667. The molecule has 1 N–H and O–H groups in total. The van der Waals surface area contributed by atoms with Gasteiger partial charge in [0.2, 0.25) is 5.91 Å². The molecule has 0 aromatic carbocycles. The number of rotatable bonds is 9. The van der Waals surface area contributed by atoms with Crippen LogP contribution in [-0.2, 0) is 14.3 Å². The van der Waals surface area contributed by atoms with Crippen molar-refractivity contribution < 1.29 is 19.4 Å². The van der Waals surface area contributed by atoms with Crippen LogP contribution in [0.5, 0.6) is 0 Å². The Labute approximate surface area is 101 Å². The van der Waals surface area contributed by atoms with Gasteiger partial charge in [-0.05, 0) is 19.3 Å². The monoisotopic (exact) mass is 241 g/mol. The molecule has 0 radical (unpaired) electrons. The van der Waals surface area contributed by atoms with Crippen molar-refractivity contribution >= 4 is 11.9 Å². The first-order valence-electron chi connectivity index (χ1n) is 5.85. The van der Waals surface area contributed by atoms with Gasteiger partial charge >= 0.3 is 5.97 Å². The first kappa shape index (κ1) is 13.7. The standard InChI is InChI=1S/C12H19NO4/c1-2-7-17-8-3-4-11(14)13(9-12(15)16)10-5-6-10/h2,10H,1,3-9H2,(H,15,16). The summed E-state index contributed by atoms with van der Waals surface area (Å²) in [7, 11) is 0. The minimum Gasteiger partial charge on any atom is -0.480 e. The third-order valence-corrected chi connectivity index (χ3v) is 2.53. The van der Waals surface area contributed by atoms with Crippen LogP contribution in [0, 0.1) is 0 Å². The van der Waals surface area contributed by atoms with Crippen molar-refractivity contribution in [1.82, 2.24) is 4.90 Å². The van der Waals surface area contributed by atoms with E-state index in [0.29, 0.717) is 26.1 Å². The van der Waals surface area contributed by atoms with Crippen LogP contribution in [-0.4, -0.2) is 47.7 Å². The van der Waals surface area contributed by atoms with Crippen LogP contribution in [0.3, 0.4) is 0 Å². The number of hydrogen-bond donors (Lipinski definition) is 1. The van der Waals surface area contributed by atoms with E-state index in [4.69, 9.17) is 9.84 Å². The van der Waals surface area contributed by atoms with E-state index in [0.717, 1.165) is 12.8 Å². The van der Waals surface area contributed by atoms with E-state index in [-0.39, 0.29) is 18.5 Å². The van der Waals surface area contributed by atoms with Crippen molar-refractivity contribution in [1.29, 1.82) is 0 Å². The highest BCUT2D eigenvalue weighted by Crippen LogP contribution is 2.27. The molecule has 0 aromatic rings. The average Bonchev–Trinajstić information content (AvgIpc) is 3.09. The Morgan fingerprint density at radius 3 is 2.71 bits per heavy atom. The smallest absolute Gasteiger partial charge is 0.323 e. The molecule has 1 aliphatic rings. The molecule has 0 unspecified atom stereocenters. The number of hydrogen-bond acceptors (Lipinski definition) is 3. The molecule has 0 aromatic heterocycles. The van der Waals surface area contributed by atoms with E-state index in [2.05, 4.69) is 6.58 Å². The van der Waals surface area contributed by atoms with E-state index in [9.17, 15) is 9.59 Å². The zero-order valence-corrected chi connectivity index (χ0v) is 9.93. The minimum absolute atomic E-state index is 0.0860. The van der Waals surface area contributed by atoms with Crippen molar-refractivity contribution in [3.63, 3.8) is 0 Å². The van der Waals surface area contributed by atoms with Gasteiger partial charge in [-0.2, -0.15) is 0 Å². The fourth-order valence-corrected chi connectivity index (χ4v) is 1.59. The van der Waals surface area contributed by atoms with Crippen molar-refractivity contribution in [3.8, 4) is 0 Å². The van der Waals surface area contributed by atoms with E-state index >= 15 is 0 Å². The van der Waals surface area contributed by atoms with E-state index < -0.39 is 5.97 Å². The first-order valence-corrected chi connectivity index (χ1v) is 5.85. The molecule has 17 heavy (non-hydrogen) atoms. The van der Waals surface area contributed by atoms with Gasteiger partial charge in [0.05, 0.1) is 6.61 Å². The second kappa shape index (κ2) is 7.06. The molecule has 0 saturated heterocycles. The summed E-state index contributed by atoms with van der Waals surface area (Å²) < 4.78 is 5.17. The van der Waals surface area contributed by atoms with Crippen LogP contribution in [0.2, 0.25) is 0 Å². The summed E-state index contributed by atoms with van der Waals surface area (Å²) in [6, 6.07) is 0.146. The largest absolute Gasteiger partial charge is 0.480 e. The molecule has 0 spiro atoms. The molecular weight excluding hydrogens is 222 g/mol. The van der Waals surface area contributed by atoms with Crippen LogP contribution in [0.4, 0.5) is 0 Å². The Balaban J connectivity index is 2.23. The maximum absolute atomic E-state index is 11.8. The van der Waals surface area contributed by atoms with Gasteiger partial charge in [0.25, 0.3) is 0 Å². The summed E-state index contributed by atoms with van der Waals surface area (Å²) in [5.74, 6) is -1.04. The average molecular weight is 241 g/mol. The van der Waals surface area contributed by atoms with Crippen LogP contribution in [0.1, 0.15) is 25.7 Å². The van der Waals surface area contributed by atoms with Crippen LogP contribution < -0.4 is 0 Å². The molecule has 0 atom stereocenters. The molecular formula is C12H19NO4. The lowest BCUT2D eigenvalue weighted by molar-refractivity contribution is -0.145. The summed E-state index contributed by atoms with van der Waals surface area (Å²) in [6.45, 7) is 4.32. The molecule has 0 heterocycles. The quantitative estimate of drug-likeness (QED) is 0.484. The number of nitrogens with zero attached hydrogens (tertiary/aromatic N) is 1. The number of carbonyl (C=O) groups is 2. The van der Waals surface area contributed by atoms with Gasteiger partial charge in [0.15, 0.2) is 0 Å². The highest BCUT2D eigenvalue weighted by Gasteiger charge is 2.33. The fourth-order valence-electron chi connectivity index (χ4n) is 1.59. The normalized spacial score (nSPS) is 14.4. The zero-order valence-electron chi connectivity index (χ0n) is 9.93. The van der Waals surface area contributed by atoms with Gasteiger partial charge in [0.1, 0.15) is 6.54 Å². The van der Waals surface area contributed by atoms with Crippen molar-refractivity contribution in [2.75, 3.05) is 19.8 Å². The van der Waals surface area contributed by atoms with Gasteiger partial charge in [-0.15, -0.1) is 6.58 Å². The summed E-state index contributed by atoms with van der Waals surface area (Å²) in [5, 5.41) is 8.72. The number of carboxylic acid groups (broad SMARTS) is 1. The molecule has 1 saturated carbocycles. The molecule has 1 fully saturated rings. The molecule has 0 aliphatic heterocycles. The maximum Gasteiger partial charge on any atom is 0.323 e. The predicted molar refractivity (Wildman–Crippen MR) is 62.6 cm³/mol. The molecule has 96 valence electrons. The third kappa shape index (κ3) is 5.49. The number of ether oxygens (including phenoxy) is 1. The Kier molecular flexibility index (Phi) is 5.69. The second-order valence-electron chi connectivity index (χ2n) is 4.11.